The van der Waals surface area contributed by atoms with Gasteiger partial charge in [0.25, 0.3) is 0 Å². The number of aromatic nitrogens is 2. The van der Waals surface area contributed by atoms with Gasteiger partial charge in [-0.2, -0.15) is 0 Å². The minimum absolute atomic E-state index is 0.0580. The number of hydrogen-bond donors (Lipinski definition) is 1. The van der Waals surface area contributed by atoms with E-state index < -0.39 is 0 Å². The first-order valence-corrected chi connectivity index (χ1v) is 12.3. The zero-order chi connectivity index (χ0) is 23.8. The molecule has 2 aromatic heterocycles. The van der Waals surface area contributed by atoms with Gasteiger partial charge in [-0.25, -0.2) is 0 Å². The Morgan fingerprint density at radius 2 is 1.74 bits per heavy atom. The summed E-state index contributed by atoms with van der Waals surface area (Å²) in [5.74, 6) is 0. The van der Waals surface area contributed by atoms with Gasteiger partial charge >= 0.3 is 0 Å². The third kappa shape index (κ3) is 3.89. The molecule has 0 radical (unpaired) electrons. The Hall–Kier alpha value is -3.15. The van der Waals surface area contributed by atoms with Crippen LogP contribution >= 0.6 is 23.8 Å². The first kappa shape index (κ1) is 22.6. The van der Waals surface area contributed by atoms with Crippen molar-refractivity contribution in [1.29, 1.82) is 0 Å². The highest BCUT2D eigenvalue weighted by molar-refractivity contribution is 7.80. The highest BCUT2D eigenvalue weighted by Crippen LogP contribution is 2.44. The summed E-state index contributed by atoms with van der Waals surface area (Å²) in [5.41, 5.74) is 7.77. The SMILES string of the molecule is CCc1ccc(N2C(=S)N[C@@H](c3ccccn3)[C@H]2c2cc(C)n(-c3ccccc3Cl)c2C)cc1. The predicted molar refractivity (Wildman–Crippen MR) is 144 cm³/mol. The van der Waals surface area contributed by atoms with E-state index >= 15 is 0 Å². The van der Waals surface area contributed by atoms with Crippen LogP contribution < -0.4 is 10.2 Å². The van der Waals surface area contributed by atoms with E-state index in [1.165, 1.54) is 11.1 Å². The maximum atomic E-state index is 6.60. The van der Waals surface area contributed by atoms with Crippen molar-refractivity contribution in [3.63, 3.8) is 0 Å². The van der Waals surface area contributed by atoms with Crippen LogP contribution in [0.5, 0.6) is 0 Å². The summed E-state index contributed by atoms with van der Waals surface area (Å²) in [6.45, 7) is 6.44. The molecule has 0 unspecified atom stereocenters. The van der Waals surface area contributed by atoms with Crippen LogP contribution in [0, 0.1) is 13.8 Å². The largest absolute Gasteiger partial charge is 0.351 e. The lowest BCUT2D eigenvalue weighted by Crippen LogP contribution is -2.29. The summed E-state index contributed by atoms with van der Waals surface area (Å²) >= 11 is 12.5. The molecule has 2 atom stereocenters. The van der Waals surface area contributed by atoms with E-state index in [-0.39, 0.29) is 12.1 Å². The van der Waals surface area contributed by atoms with Crippen LogP contribution in [0.2, 0.25) is 5.02 Å². The molecule has 0 saturated carbocycles. The van der Waals surface area contributed by atoms with Crippen LogP contribution in [0.25, 0.3) is 5.69 Å². The average Bonchev–Trinajstić information content (AvgIpc) is 3.35. The van der Waals surface area contributed by atoms with Gasteiger partial charge in [0.1, 0.15) is 0 Å². The maximum Gasteiger partial charge on any atom is 0.174 e. The lowest BCUT2D eigenvalue weighted by molar-refractivity contribution is 0.565. The van der Waals surface area contributed by atoms with E-state index in [4.69, 9.17) is 23.8 Å². The van der Waals surface area contributed by atoms with Crippen molar-refractivity contribution >= 4 is 34.6 Å². The molecular weight excluding hydrogens is 460 g/mol. The van der Waals surface area contributed by atoms with Crippen LogP contribution in [-0.4, -0.2) is 14.7 Å². The highest BCUT2D eigenvalue weighted by atomic mass is 35.5. The van der Waals surface area contributed by atoms with E-state index in [0.717, 1.165) is 39.9 Å². The van der Waals surface area contributed by atoms with Gasteiger partial charge < -0.3 is 14.8 Å². The molecule has 6 heteroatoms. The molecular formula is C28H27ClN4S. The number of aryl methyl sites for hydroxylation is 2. The molecule has 0 bridgehead atoms. The standard InChI is InChI=1S/C28H27ClN4S/c1-4-20-12-14-21(15-13-20)33-27(26(31-28(33)34)24-10-7-8-16-30-24)22-17-18(2)32(19(22)3)25-11-6-5-9-23(25)29/h5-17,26-27H,4H2,1-3H3,(H,31,34)/t26-,27+/m0/s1. The lowest BCUT2D eigenvalue weighted by Gasteiger charge is -2.28. The van der Waals surface area contributed by atoms with E-state index in [1.807, 2.05) is 36.5 Å². The topological polar surface area (TPSA) is 33.1 Å². The van der Waals surface area contributed by atoms with Gasteiger partial charge in [0.15, 0.2) is 5.11 Å². The molecule has 3 heterocycles. The smallest absolute Gasteiger partial charge is 0.174 e. The van der Waals surface area contributed by atoms with Gasteiger partial charge in [-0.1, -0.05) is 48.9 Å². The zero-order valence-corrected chi connectivity index (χ0v) is 21.1. The third-order valence-electron chi connectivity index (χ3n) is 6.60. The number of thiocarbonyl (C=S) groups is 1. The normalized spacial score (nSPS) is 17.8. The number of para-hydroxylation sites is 1. The van der Waals surface area contributed by atoms with Gasteiger partial charge in [0.2, 0.25) is 0 Å². The van der Waals surface area contributed by atoms with Gasteiger partial charge in [-0.15, -0.1) is 0 Å². The second kappa shape index (κ2) is 9.24. The molecule has 1 fully saturated rings. The van der Waals surface area contributed by atoms with Gasteiger partial charge in [-0.05, 0) is 86.1 Å². The van der Waals surface area contributed by atoms with E-state index in [1.54, 1.807) is 0 Å². The van der Waals surface area contributed by atoms with Crippen molar-refractivity contribution in [2.75, 3.05) is 4.90 Å². The molecule has 34 heavy (non-hydrogen) atoms. The summed E-state index contributed by atoms with van der Waals surface area (Å²) in [7, 11) is 0. The predicted octanol–water partition coefficient (Wildman–Crippen LogP) is 6.88. The minimum atomic E-state index is -0.0836. The third-order valence-corrected chi connectivity index (χ3v) is 7.24. The fraction of sp³-hybridized carbons (Fsp3) is 0.214. The fourth-order valence-electron chi connectivity index (χ4n) is 4.93. The fourth-order valence-corrected chi connectivity index (χ4v) is 5.50. The van der Waals surface area contributed by atoms with Gasteiger partial charge in [-0.3, -0.25) is 4.98 Å². The monoisotopic (exact) mass is 486 g/mol. The Morgan fingerprint density at radius 3 is 2.41 bits per heavy atom. The summed E-state index contributed by atoms with van der Waals surface area (Å²) in [5, 5.41) is 4.99. The van der Waals surface area contributed by atoms with Crippen molar-refractivity contribution in [1.82, 2.24) is 14.9 Å². The zero-order valence-electron chi connectivity index (χ0n) is 19.5. The number of benzene rings is 2. The van der Waals surface area contributed by atoms with Gasteiger partial charge in [0, 0.05) is 23.3 Å². The highest BCUT2D eigenvalue weighted by Gasteiger charge is 2.42. The van der Waals surface area contributed by atoms with Crippen LogP contribution in [0.3, 0.4) is 0 Å². The number of nitrogens with zero attached hydrogens (tertiary/aromatic N) is 3. The van der Waals surface area contributed by atoms with E-state index in [9.17, 15) is 0 Å². The van der Waals surface area contributed by atoms with Crippen LogP contribution in [0.4, 0.5) is 5.69 Å². The summed E-state index contributed by atoms with van der Waals surface area (Å²) < 4.78 is 2.23. The number of rotatable bonds is 5. The number of nitrogens with one attached hydrogen (secondary N) is 1. The molecule has 1 aliphatic heterocycles. The molecule has 1 aliphatic rings. The second-order valence-electron chi connectivity index (χ2n) is 8.63. The van der Waals surface area contributed by atoms with E-state index in [2.05, 4.69) is 83.0 Å². The Labute approximate surface area is 211 Å². The van der Waals surface area contributed by atoms with Crippen LogP contribution in [-0.2, 0) is 6.42 Å². The summed E-state index contributed by atoms with van der Waals surface area (Å²) in [6, 6.07) is 24.8. The molecule has 0 aliphatic carbocycles. The maximum absolute atomic E-state index is 6.60. The van der Waals surface area contributed by atoms with E-state index in [0.29, 0.717) is 5.11 Å². The Kier molecular flexibility index (Phi) is 6.15. The molecule has 172 valence electrons. The number of halogens is 1. The van der Waals surface area contributed by atoms with Crippen molar-refractivity contribution in [3.8, 4) is 5.69 Å². The molecule has 0 spiro atoms. The van der Waals surface area contributed by atoms with Crippen molar-refractivity contribution < 1.29 is 0 Å². The summed E-state index contributed by atoms with van der Waals surface area (Å²) in [6.07, 6.45) is 2.84. The molecule has 2 aromatic carbocycles. The molecule has 1 N–H and O–H groups in total. The number of anilines is 1. The quantitative estimate of drug-likeness (QED) is 0.311. The molecule has 0 amide bonds. The Bertz CT molecular complexity index is 1330. The minimum Gasteiger partial charge on any atom is -0.351 e. The van der Waals surface area contributed by atoms with Crippen molar-refractivity contribution in [2.45, 2.75) is 39.3 Å². The lowest BCUT2D eigenvalue weighted by atomic mass is 9.96. The second-order valence-corrected chi connectivity index (χ2v) is 9.42. The molecule has 1 saturated heterocycles. The van der Waals surface area contributed by atoms with Crippen LogP contribution in [0.15, 0.2) is 79.0 Å². The first-order valence-electron chi connectivity index (χ1n) is 11.5. The molecule has 4 aromatic rings. The summed E-state index contributed by atoms with van der Waals surface area (Å²) in [4.78, 5) is 6.91. The number of hydrogen-bond acceptors (Lipinski definition) is 2. The van der Waals surface area contributed by atoms with Crippen LogP contribution in [0.1, 0.15) is 47.2 Å². The Balaban J connectivity index is 1.68. The first-order chi connectivity index (χ1) is 16.5. The van der Waals surface area contributed by atoms with Crippen molar-refractivity contribution in [2.24, 2.45) is 0 Å². The number of pyridine rings is 1. The van der Waals surface area contributed by atoms with Gasteiger partial charge in [0.05, 0.1) is 28.5 Å². The Morgan fingerprint density at radius 1 is 1.00 bits per heavy atom. The van der Waals surface area contributed by atoms with Crippen molar-refractivity contribution in [3.05, 3.63) is 112 Å². The average molecular weight is 487 g/mol. The molecule has 4 nitrogen and oxygen atoms in total. The molecule has 5 rings (SSSR count).